The van der Waals surface area contributed by atoms with Crippen LogP contribution in [0.4, 0.5) is 5.69 Å². The predicted octanol–water partition coefficient (Wildman–Crippen LogP) is -0.196. The highest BCUT2D eigenvalue weighted by molar-refractivity contribution is 5.78. The number of hydrogen-bond donors (Lipinski definition) is 3. The third-order valence-electron chi connectivity index (χ3n) is 2.67. The molecule has 1 heterocycles. The Morgan fingerprint density at radius 3 is 2.90 bits per heavy atom. The molecule has 0 aliphatic carbocycles. The predicted molar refractivity (Wildman–Crippen MR) is 74.1 cm³/mol. The molecule has 110 valence electrons. The van der Waals surface area contributed by atoms with Crippen LogP contribution in [-0.4, -0.2) is 32.0 Å². The second-order valence-electron chi connectivity index (χ2n) is 4.50. The van der Waals surface area contributed by atoms with Crippen molar-refractivity contribution in [1.29, 1.82) is 0 Å². The molecule has 0 atom stereocenters. The van der Waals surface area contributed by atoms with Gasteiger partial charge in [0.15, 0.2) is 0 Å². The van der Waals surface area contributed by atoms with Crippen LogP contribution < -0.4 is 11.1 Å². The first-order chi connectivity index (χ1) is 10.0. The molecule has 2 rings (SSSR count). The van der Waals surface area contributed by atoms with Crippen LogP contribution in [0.25, 0.3) is 0 Å². The molecule has 0 aliphatic rings. The first-order valence-electron chi connectivity index (χ1n) is 6.25. The van der Waals surface area contributed by atoms with Crippen LogP contribution in [0.3, 0.4) is 0 Å². The molecule has 0 spiro atoms. The molecule has 8 heteroatoms. The molecule has 1 aromatic carbocycles. The SMILES string of the molecule is Nc1cccc(CC(=O)NCc2cn(CC(=O)O)nn2)c1. The maximum Gasteiger partial charge on any atom is 0.325 e. The van der Waals surface area contributed by atoms with Crippen molar-refractivity contribution in [3.05, 3.63) is 41.7 Å². The van der Waals surface area contributed by atoms with Gasteiger partial charge in [0, 0.05) is 5.69 Å². The number of aromatic nitrogens is 3. The molecule has 8 nitrogen and oxygen atoms in total. The largest absolute Gasteiger partial charge is 0.480 e. The summed E-state index contributed by atoms with van der Waals surface area (Å²) in [5.74, 6) is -1.18. The van der Waals surface area contributed by atoms with Gasteiger partial charge in [-0.15, -0.1) is 5.10 Å². The van der Waals surface area contributed by atoms with Gasteiger partial charge in [0.2, 0.25) is 5.91 Å². The van der Waals surface area contributed by atoms with Crippen LogP contribution in [0.1, 0.15) is 11.3 Å². The number of nitrogens with two attached hydrogens (primary N) is 1. The molecule has 0 radical (unpaired) electrons. The Kier molecular flexibility index (Phi) is 4.50. The first-order valence-corrected chi connectivity index (χ1v) is 6.25. The maximum absolute atomic E-state index is 11.8. The third kappa shape index (κ3) is 4.60. The van der Waals surface area contributed by atoms with Crippen molar-refractivity contribution in [2.24, 2.45) is 0 Å². The molecule has 2 aromatic rings. The van der Waals surface area contributed by atoms with Crippen molar-refractivity contribution in [3.8, 4) is 0 Å². The topological polar surface area (TPSA) is 123 Å². The van der Waals surface area contributed by atoms with E-state index in [0.29, 0.717) is 11.4 Å². The second kappa shape index (κ2) is 6.51. The summed E-state index contributed by atoms with van der Waals surface area (Å²) in [6, 6.07) is 7.10. The zero-order valence-electron chi connectivity index (χ0n) is 11.2. The number of nitrogens with zero attached hydrogens (tertiary/aromatic N) is 3. The van der Waals surface area contributed by atoms with E-state index in [1.807, 2.05) is 6.07 Å². The second-order valence-corrected chi connectivity index (χ2v) is 4.50. The monoisotopic (exact) mass is 289 g/mol. The smallest absolute Gasteiger partial charge is 0.325 e. The van der Waals surface area contributed by atoms with Gasteiger partial charge >= 0.3 is 5.97 Å². The number of anilines is 1. The number of aliphatic carboxylic acids is 1. The fraction of sp³-hybridized carbons (Fsp3) is 0.231. The van der Waals surface area contributed by atoms with Gasteiger partial charge < -0.3 is 16.2 Å². The molecule has 0 saturated heterocycles. The molecule has 1 amide bonds. The van der Waals surface area contributed by atoms with Crippen molar-refractivity contribution in [3.63, 3.8) is 0 Å². The summed E-state index contributed by atoms with van der Waals surface area (Å²) in [6.45, 7) is -0.0645. The molecule has 0 unspecified atom stereocenters. The molecule has 0 aliphatic heterocycles. The van der Waals surface area contributed by atoms with Gasteiger partial charge in [-0.2, -0.15) is 0 Å². The summed E-state index contributed by atoms with van der Waals surface area (Å²) < 4.78 is 1.20. The summed E-state index contributed by atoms with van der Waals surface area (Å²) in [4.78, 5) is 22.3. The lowest BCUT2D eigenvalue weighted by Gasteiger charge is -2.04. The molecule has 4 N–H and O–H groups in total. The standard InChI is InChI=1S/C13H15N5O3/c14-10-3-1-2-9(4-10)5-12(19)15-6-11-7-18(17-16-11)8-13(20)21/h1-4,7H,5-6,8,14H2,(H,15,19)(H,20,21). The van der Waals surface area contributed by atoms with Crippen LogP contribution in [0.15, 0.2) is 30.5 Å². The van der Waals surface area contributed by atoms with Crippen LogP contribution in [0.5, 0.6) is 0 Å². The van der Waals surface area contributed by atoms with E-state index in [1.54, 1.807) is 18.2 Å². The number of carbonyl (C=O) groups excluding carboxylic acids is 1. The van der Waals surface area contributed by atoms with E-state index < -0.39 is 5.97 Å². The lowest BCUT2D eigenvalue weighted by Crippen LogP contribution is -2.24. The number of nitrogen functional groups attached to an aromatic ring is 1. The highest BCUT2D eigenvalue weighted by atomic mass is 16.4. The first kappa shape index (κ1) is 14.5. The molecular weight excluding hydrogens is 274 g/mol. The lowest BCUT2D eigenvalue weighted by molar-refractivity contribution is -0.138. The summed E-state index contributed by atoms with van der Waals surface area (Å²) in [6.07, 6.45) is 1.70. The Hall–Kier alpha value is -2.90. The van der Waals surface area contributed by atoms with Crippen molar-refractivity contribution in [1.82, 2.24) is 20.3 Å². The van der Waals surface area contributed by atoms with E-state index in [9.17, 15) is 9.59 Å². The zero-order chi connectivity index (χ0) is 15.2. The highest BCUT2D eigenvalue weighted by Crippen LogP contribution is 2.07. The van der Waals surface area contributed by atoms with E-state index in [2.05, 4.69) is 15.6 Å². The molecule has 21 heavy (non-hydrogen) atoms. The normalized spacial score (nSPS) is 10.3. The van der Waals surface area contributed by atoms with E-state index in [0.717, 1.165) is 5.56 Å². The number of benzene rings is 1. The minimum atomic E-state index is -1.00. The fourth-order valence-corrected chi connectivity index (χ4v) is 1.78. The van der Waals surface area contributed by atoms with Crippen molar-refractivity contribution < 1.29 is 14.7 Å². The molecule has 0 saturated carbocycles. The maximum atomic E-state index is 11.8. The van der Waals surface area contributed by atoms with Gasteiger partial charge in [-0.25, -0.2) is 4.68 Å². The molecular formula is C13H15N5O3. The van der Waals surface area contributed by atoms with Crippen LogP contribution in [0.2, 0.25) is 0 Å². The summed E-state index contributed by atoms with van der Waals surface area (Å²) in [5, 5.41) is 18.7. The minimum Gasteiger partial charge on any atom is -0.480 e. The number of amides is 1. The quantitative estimate of drug-likeness (QED) is 0.633. The number of carbonyl (C=O) groups is 2. The van der Waals surface area contributed by atoms with Crippen molar-refractivity contribution in [2.45, 2.75) is 19.5 Å². The van der Waals surface area contributed by atoms with Crippen molar-refractivity contribution in [2.75, 3.05) is 5.73 Å². The van der Waals surface area contributed by atoms with Gasteiger partial charge in [0.05, 0.1) is 19.2 Å². The number of carboxylic acids is 1. The lowest BCUT2D eigenvalue weighted by atomic mass is 10.1. The molecule has 1 aromatic heterocycles. The molecule has 0 fully saturated rings. The number of carboxylic acid groups (broad SMARTS) is 1. The van der Waals surface area contributed by atoms with Gasteiger partial charge in [0.25, 0.3) is 0 Å². The zero-order valence-corrected chi connectivity index (χ0v) is 11.2. The third-order valence-corrected chi connectivity index (χ3v) is 2.67. The van der Waals surface area contributed by atoms with Gasteiger partial charge in [-0.05, 0) is 17.7 Å². The van der Waals surface area contributed by atoms with Crippen LogP contribution in [0, 0.1) is 0 Å². The van der Waals surface area contributed by atoms with E-state index in [1.165, 1.54) is 10.9 Å². The van der Waals surface area contributed by atoms with E-state index in [-0.39, 0.29) is 25.4 Å². The van der Waals surface area contributed by atoms with Gasteiger partial charge in [-0.1, -0.05) is 17.3 Å². The Morgan fingerprint density at radius 1 is 1.38 bits per heavy atom. The average molecular weight is 289 g/mol. The van der Waals surface area contributed by atoms with E-state index in [4.69, 9.17) is 10.8 Å². The van der Waals surface area contributed by atoms with Gasteiger partial charge in [0.1, 0.15) is 12.2 Å². The molecule has 0 bridgehead atoms. The summed E-state index contributed by atoms with van der Waals surface area (Å²) in [5.41, 5.74) is 7.57. The van der Waals surface area contributed by atoms with Crippen LogP contribution in [-0.2, 0) is 29.1 Å². The van der Waals surface area contributed by atoms with E-state index >= 15 is 0 Å². The number of hydrogen-bond acceptors (Lipinski definition) is 5. The minimum absolute atomic E-state index is 0.173. The van der Waals surface area contributed by atoms with Gasteiger partial charge in [-0.3, -0.25) is 9.59 Å². The summed E-state index contributed by atoms with van der Waals surface area (Å²) in [7, 11) is 0. The Bertz CT molecular complexity index is 653. The van der Waals surface area contributed by atoms with Crippen LogP contribution >= 0.6 is 0 Å². The highest BCUT2D eigenvalue weighted by Gasteiger charge is 2.07. The fourth-order valence-electron chi connectivity index (χ4n) is 1.78. The van der Waals surface area contributed by atoms with Crippen molar-refractivity contribution >= 4 is 17.6 Å². The Balaban J connectivity index is 1.83. The Morgan fingerprint density at radius 2 is 2.19 bits per heavy atom. The summed E-state index contributed by atoms with van der Waals surface area (Å²) >= 11 is 0. The Labute approximate surface area is 120 Å². The number of nitrogens with one attached hydrogen (secondary N) is 1. The average Bonchev–Trinajstić information content (AvgIpc) is 2.83. The number of rotatable bonds is 6.